The van der Waals surface area contributed by atoms with Crippen LogP contribution in [-0.4, -0.2) is 200 Å². The molecule has 0 amide bonds. The fourth-order valence-electron chi connectivity index (χ4n) is 12.7. The molecule has 0 aromatic heterocycles. The Balaban J connectivity index is 0.00000207. The average Bonchev–Trinajstić information content (AvgIpc) is 1.79. The Hall–Kier alpha value is -2.91. The predicted octanol–water partition coefficient (Wildman–Crippen LogP) is 8.01. The van der Waals surface area contributed by atoms with Crippen molar-refractivity contribution < 1.29 is 95.3 Å². The normalized spacial score (nSPS) is 33.3. The average molecular weight is 1330 g/mol. The lowest BCUT2D eigenvalue weighted by molar-refractivity contribution is -0.202. The number of ether oxygens (including phenoxy) is 3. The molecule has 2 aliphatic heterocycles. The van der Waals surface area contributed by atoms with Crippen LogP contribution in [-0.2, 0) is 23.8 Å². The number of hydrogen-bond donors (Lipinski definition) is 17. The van der Waals surface area contributed by atoms with Crippen LogP contribution in [0.5, 0.6) is 0 Å². The lowest BCUT2D eigenvalue weighted by Crippen LogP contribution is -2.42. The minimum absolute atomic E-state index is 0.0277. The molecule has 2 aliphatic rings. The number of nitrogens with two attached hydrogens (primary N) is 1. The summed E-state index contributed by atoms with van der Waals surface area (Å²) in [7, 11) is 0. The number of cyclic esters (lactones) is 1. The van der Waals surface area contributed by atoms with E-state index in [0.29, 0.717) is 115 Å². The van der Waals surface area contributed by atoms with E-state index in [9.17, 15) is 76.0 Å². The maximum atomic E-state index is 14.2. The van der Waals surface area contributed by atoms with E-state index in [1.165, 1.54) is 76.7 Å². The van der Waals surface area contributed by atoms with Crippen molar-refractivity contribution in [3.8, 4) is 0 Å². The molecule has 0 bridgehead atoms. The molecule has 0 aromatic carbocycles. The molecule has 0 aliphatic carbocycles. The number of carbonyl (C=O) groups is 2. The van der Waals surface area contributed by atoms with Crippen LogP contribution in [0.4, 0.5) is 0 Å². The van der Waals surface area contributed by atoms with Gasteiger partial charge in [-0.3, -0.25) is 15.0 Å². The van der Waals surface area contributed by atoms with E-state index in [2.05, 4.69) is 12.2 Å². The van der Waals surface area contributed by atoms with Gasteiger partial charge in [-0.25, -0.2) is 0 Å². The molecule has 2 rings (SSSR count). The Morgan fingerprint density at radius 2 is 1.18 bits per heavy atom. The van der Waals surface area contributed by atoms with E-state index in [-0.39, 0.29) is 49.9 Å². The summed E-state index contributed by atoms with van der Waals surface area (Å²) < 4.78 is 17.7. The number of aliphatic hydroxyl groups is 13. The molecule has 1 fully saturated rings. The van der Waals surface area contributed by atoms with Gasteiger partial charge in [0.25, 0.3) is 0 Å². The van der Waals surface area contributed by atoms with Gasteiger partial charge in [-0.1, -0.05) is 149 Å². The number of allylic oxidation sites excluding steroid dienone is 1. The van der Waals surface area contributed by atoms with Crippen molar-refractivity contribution in [3.63, 3.8) is 0 Å². The first kappa shape index (κ1) is 88.1. The van der Waals surface area contributed by atoms with Crippen molar-refractivity contribution in [1.29, 1.82) is 5.41 Å². The van der Waals surface area contributed by atoms with E-state index >= 15 is 0 Å². The molecule has 0 aromatic rings. The summed E-state index contributed by atoms with van der Waals surface area (Å²) >= 11 is 0. The Labute approximate surface area is 558 Å². The number of hydrogen-bond acceptors (Lipinski definition) is 19. The summed E-state index contributed by atoms with van der Waals surface area (Å²) in [4.78, 5) is 24.5. The van der Waals surface area contributed by atoms with E-state index in [1.54, 1.807) is 6.92 Å². The Kier molecular flexibility index (Phi) is 49.4. The number of rotatable bonds is 26. The Morgan fingerprint density at radius 1 is 0.656 bits per heavy atom. The standard InChI is InChI=1S/C55H103N3O17.C16H32O2/c1-7-8-19-43-49(69)33(3)22-23-38(61)17-11-16-37(60)18-12-20-44(66)34(4)26-47(73-54-51(71)50(70)48(31-59)74-54)46(68)30-42(65)29-41(64)28-40(63)27-39(62)15-10-9-14-32(2)25-35(5)52(75-53(43)72)36(6)45(67)21-13-24-58-55(56)57;1-2-3-4-5-6-7-8-9-10-11-12-13-14-15-16(17)18/h25-26,33,35-52,54,59-71H,7-24,27-31H2,1-6H3,(H4,56,57,58);2-15H2,1H3,(H,17,18)/b32-25+,34-26+;/t33?,35?,36?,37?,38?,39?,40?,41?,42?,43?,44?,45?,46?,47?,48-,49?,50-,51+,52?,54+;/m1./s1. The number of unbranched alkanes of at least 4 members (excludes halogenated alkanes) is 13. The zero-order valence-corrected chi connectivity index (χ0v) is 58.2. The summed E-state index contributed by atoms with van der Waals surface area (Å²) in [6.07, 6.45) is 9.83. The summed E-state index contributed by atoms with van der Waals surface area (Å²) in [6.45, 7) is 13.2. The van der Waals surface area contributed by atoms with Crippen LogP contribution in [0, 0.1) is 29.1 Å². The second-order valence-corrected chi connectivity index (χ2v) is 27.6. The number of aliphatic hydroxyl groups excluding tert-OH is 13. The van der Waals surface area contributed by atoms with Gasteiger partial charge in [0.05, 0.1) is 73.6 Å². The number of carbonyl (C=O) groups excluding carboxylic acids is 1. The molecule has 22 nitrogen and oxygen atoms in total. The minimum Gasteiger partial charge on any atom is -0.481 e. The van der Waals surface area contributed by atoms with E-state index < -0.39 is 128 Å². The number of guanidine groups is 1. The molecule has 1 saturated heterocycles. The summed E-state index contributed by atoms with van der Waals surface area (Å²) in [5.41, 5.74) is 6.80. The molecule has 93 heavy (non-hydrogen) atoms. The van der Waals surface area contributed by atoms with Crippen molar-refractivity contribution in [2.45, 2.75) is 371 Å². The summed E-state index contributed by atoms with van der Waals surface area (Å²) in [5, 5.41) is 160. The van der Waals surface area contributed by atoms with Gasteiger partial charge in [0.2, 0.25) is 0 Å². The third kappa shape index (κ3) is 40.5. The van der Waals surface area contributed by atoms with Crippen LogP contribution in [0.1, 0.15) is 273 Å². The number of esters is 1. The first-order valence-corrected chi connectivity index (χ1v) is 36.1. The highest BCUT2D eigenvalue weighted by molar-refractivity contribution is 5.74. The van der Waals surface area contributed by atoms with E-state index in [1.807, 2.05) is 40.7 Å². The van der Waals surface area contributed by atoms with Crippen molar-refractivity contribution in [2.75, 3.05) is 13.2 Å². The lowest BCUT2D eigenvalue weighted by Gasteiger charge is -2.34. The molecule has 548 valence electrons. The maximum Gasteiger partial charge on any atom is 0.311 e. The van der Waals surface area contributed by atoms with E-state index in [4.69, 9.17) is 30.5 Å². The van der Waals surface area contributed by atoms with Crippen LogP contribution in [0.2, 0.25) is 0 Å². The smallest absolute Gasteiger partial charge is 0.311 e. The van der Waals surface area contributed by atoms with Crippen LogP contribution in [0.25, 0.3) is 0 Å². The lowest BCUT2D eigenvalue weighted by atomic mass is 9.84. The molecule has 20 atom stereocenters. The number of aliphatic carboxylic acids is 1. The van der Waals surface area contributed by atoms with Gasteiger partial charge in [-0.2, -0.15) is 0 Å². The summed E-state index contributed by atoms with van der Waals surface area (Å²) in [6, 6.07) is 0. The van der Waals surface area contributed by atoms with Gasteiger partial charge in [0, 0.05) is 31.2 Å². The van der Waals surface area contributed by atoms with Crippen LogP contribution < -0.4 is 11.1 Å². The molecular formula is C71H135N3O19. The van der Waals surface area contributed by atoms with Crippen molar-refractivity contribution in [3.05, 3.63) is 23.3 Å². The van der Waals surface area contributed by atoms with Gasteiger partial charge in [-0.15, -0.1) is 0 Å². The SMILES string of the molecule is CCCCC1C(=O)OC(C(C)C(O)CCCNC(=N)N)C(C)/C=C(\C)CCCCC(O)CC(O)CC(O)CC(O)CC(O)C(O[C@H]2O[C@H](CO)[C@@H](O)[C@@H]2O)/C=C(\C)C(O)CCCC(O)CCCC(O)CCC(C)C1O.CCCCCCCCCCCCCCCC(=O)O. The zero-order valence-electron chi connectivity index (χ0n) is 58.2. The van der Waals surface area contributed by atoms with Crippen LogP contribution in [0.3, 0.4) is 0 Å². The molecule has 16 unspecified atom stereocenters. The molecule has 2 heterocycles. The minimum atomic E-state index is -1.59. The third-order valence-corrected chi connectivity index (χ3v) is 18.8. The molecule has 22 heteroatoms. The van der Waals surface area contributed by atoms with Gasteiger partial charge in [-0.05, 0) is 141 Å². The molecule has 0 radical (unpaired) electrons. The van der Waals surface area contributed by atoms with Gasteiger partial charge >= 0.3 is 11.9 Å². The topological polar surface area (TPSA) is 407 Å². The van der Waals surface area contributed by atoms with Crippen LogP contribution in [0.15, 0.2) is 23.3 Å². The monoisotopic (exact) mass is 1330 g/mol. The Morgan fingerprint density at radius 3 is 1.73 bits per heavy atom. The maximum absolute atomic E-state index is 14.2. The van der Waals surface area contributed by atoms with Crippen LogP contribution >= 0.6 is 0 Å². The van der Waals surface area contributed by atoms with Crippen molar-refractivity contribution in [2.24, 2.45) is 29.4 Å². The largest absolute Gasteiger partial charge is 0.481 e. The molecular weight excluding hydrogens is 1200 g/mol. The highest BCUT2D eigenvalue weighted by atomic mass is 16.7. The van der Waals surface area contributed by atoms with Crippen molar-refractivity contribution >= 4 is 17.9 Å². The highest BCUT2D eigenvalue weighted by Crippen LogP contribution is 2.32. The number of carboxylic acid groups (broad SMARTS) is 1. The molecule has 0 spiro atoms. The first-order valence-electron chi connectivity index (χ1n) is 36.1. The quantitative estimate of drug-likeness (QED) is 0.0128. The second kappa shape index (κ2) is 52.2. The summed E-state index contributed by atoms with van der Waals surface area (Å²) in [5.74, 6) is -3.43. The van der Waals surface area contributed by atoms with Gasteiger partial charge < -0.3 is 96.8 Å². The zero-order chi connectivity index (χ0) is 69.8. The highest BCUT2D eigenvalue weighted by Gasteiger charge is 2.45. The Bertz CT molecular complexity index is 1970. The van der Waals surface area contributed by atoms with Crippen molar-refractivity contribution in [1.82, 2.24) is 5.32 Å². The van der Waals surface area contributed by atoms with Gasteiger partial charge in [0.1, 0.15) is 30.5 Å². The van der Waals surface area contributed by atoms with E-state index in [0.717, 1.165) is 24.8 Å². The fraction of sp³-hybridized carbons (Fsp3) is 0.901. The molecule has 18 N–H and O–H groups in total. The predicted molar refractivity (Wildman–Crippen MR) is 362 cm³/mol. The number of nitrogens with one attached hydrogen (secondary N) is 2. The third-order valence-electron chi connectivity index (χ3n) is 18.8. The first-order chi connectivity index (χ1) is 44.1. The molecule has 0 saturated carbocycles. The fourth-order valence-corrected chi connectivity index (χ4v) is 12.7. The second-order valence-electron chi connectivity index (χ2n) is 27.6. The number of carboxylic acids is 1. The van der Waals surface area contributed by atoms with Gasteiger partial charge in [0.15, 0.2) is 12.2 Å².